The number of nitrogens with zero attached hydrogens (tertiary/aromatic N) is 1. The summed E-state index contributed by atoms with van der Waals surface area (Å²) in [4.78, 5) is 39.0. The normalized spacial score (nSPS) is 13.6. The van der Waals surface area contributed by atoms with Gasteiger partial charge in [-0.25, -0.2) is 9.69 Å². The lowest BCUT2D eigenvalue weighted by Gasteiger charge is -2.16. The molecule has 3 aromatic rings. The Morgan fingerprint density at radius 3 is 2.03 bits per heavy atom. The molecule has 0 radical (unpaired) electrons. The van der Waals surface area contributed by atoms with E-state index >= 15 is 0 Å². The van der Waals surface area contributed by atoms with Gasteiger partial charge >= 0.3 is 5.97 Å². The van der Waals surface area contributed by atoms with Gasteiger partial charge in [-0.15, -0.1) is 0 Å². The van der Waals surface area contributed by atoms with Crippen LogP contribution in [-0.2, 0) is 9.59 Å². The fraction of sp³-hybridized carbons (Fsp3) is 0.115. The molecule has 0 aliphatic carbocycles. The monoisotopic (exact) mass is 528 g/mol. The van der Waals surface area contributed by atoms with Gasteiger partial charge in [0.15, 0.2) is 0 Å². The van der Waals surface area contributed by atoms with Gasteiger partial charge in [0.25, 0.3) is 11.8 Å². The van der Waals surface area contributed by atoms with Crippen molar-refractivity contribution < 1.29 is 19.1 Å². The predicted molar refractivity (Wildman–Crippen MR) is 137 cm³/mol. The van der Waals surface area contributed by atoms with Crippen LogP contribution in [0.4, 0.5) is 11.4 Å². The van der Waals surface area contributed by atoms with Crippen LogP contribution in [0.1, 0.15) is 35.7 Å². The number of benzene rings is 3. The average Bonchev–Trinajstić information content (AvgIpc) is 3.02. The Morgan fingerprint density at radius 2 is 1.46 bits per heavy atom. The Bertz CT molecular complexity index is 1330. The summed E-state index contributed by atoms with van der Waals surface area (Å²) >= 11 is 18.2. The van der Waals surface area contributed by atoms with Crippen LogP contribution in [0.15, 0.2) is 77.5 Å². The SMILES string of the molecule is CC(C)c1ccc(OC(=O)c2ccc(NC3=C(Cl)C(=O)N(c4cc(Cl)cc(Cl)c4)C3=O)cc2)cc1. The molecule has 4 rings (SSSR count). The highest BCUT2D eigenvalue weighted by Gasteiger charge is 2.39. The molecule has 0 fully saturated rings. The van der Waals surface area contributed by atoms with Crippen LogP contribution in [0.2, 0.25) is 10.0 Å². The maximum atomic E-state index is 12.9. The lowest BCUT2D eigenvalue weighted by molar-refractivity contribution is -0.120. The molecule has 1 aliphatic rings. The number of imide groups is 1. The number of amides is 2. The Morgan fingerprint density at radius 1 is 0.857 bits per heavy atom. The van der Waals surface area contributed by atoms with E-state index in [2.05, 4.69) is 19.2 Å². The lowest BCUT2D eigenvalue weighted by Crippen LogP contribution is -2.32. The van der Waals surface area contributed by atoms with Crippen molar-refractivity contribution in [2.45, 2.75) is 19.8 Å². The quantitative estimate of drug-likeness (QED) is 0.217. The molecular formula is C26H19Cl3N2O4. The summed E-state index contributed by atoms with van der Waals surface area (Å²) in [5.41, 5.74) is 2.00. The minimum Gasteiger partial charge on any atom is -0.423 e. The molecular weight excluding hydrogens is 511 g/mol. The van der Waals surface area contributed by atoms with Gasteiger partial charge in [0.05, 0.1) is 11.3 Å². The van der Waals surface area contributed by atoms with Gasteiger partial charge in [-0.05, 0) is 66.1 Å². The Labute approximate surface area is 217 Å². The molecule has 35 heavy (non-hydrogen) atoms. The highest BCUT2D eigenvalue weighted by molar-refractivity contribution is 6.53. The van der Waals surface area contributed by atoms with Crippen molar-refractivity contribution in [1.29, 1.82) is 0 Å². The number of hydrogen-bond donors (Lipinski definition) is 1. The summed E-state index contributed by atoms with van der Waals surface area (Å²) in [7, 11) is 0. The molecule has 1 N–H and O–H groups in total. The van der Waals surface area contributed by atoms with Crippen molar-refractivity contribution in [3.63, 3.8) is 0 Å². The van der Waals surface area contributed by atoms with Crippen molar-refractivity contribution in [2.75, 3.05) is 10.2 Å². The standard InChI is InChI=1S/C26H19Cl3N2O4/c1-14(2)15-5-9-21(10-6-15)35-26(34)16-3-7-19(8-4-16)30-23-22(29)24(32)31(25(23)33)20-12-17(27)11-18(28)13-20/h3-14,30H,1-2H3. The fourth-order valence-corrected chi connectivity index (χ4v) is 4.16. The minimum absolute atomic E-state index is 0.103. The number of hydrogen-bond acceptors (Lipinski definition) is 5. The molecule has 0 spiro atoms. The molecule has 0 atom stereocenters. The third-order valence-corrected chi connectivity index (χ3v) is 6.07. The summed E-state index contributed by atoms with van der Waals surface area (Å²) in [5.74, 6) is -1.08. The van der Waals surface area contributed by atoms with E-state index in [-0.39, 0.29) is 26.5 Å². The Hall–Kier alpha value is -3.32. The Kier molecular flexibility index (Phi) is 7.17. The summed E-state index contributed by atoms with van der Waals surface area (Å²) in [5, 5.41) is 3.11. The van der Waals surface area contributed by atoms with E-state index in [0.29, 0.717) is 22.9 Å². The van der Waals surface area contributed by atoms with Crippen LogP contribution < -0.4 is 15.0 Å². The van der Waals surface area contributed by atoms with E-state index in [1.54, 1.807) is 24.3 Å². The number of esters is 1. The van der Waals surface area contributed by atoms with Gasteiger partial charge in [-0.3, -0.25) is 9.59 Å². The van der Waals surface area contributed by atoms with Gasteiger partial charge in [-0.1, -0.05) is 60.8 Å². The van der Waals surface area contributed by atoms with Crippen molar-refractivity contribution in [2.24, 2.45) is 0 Å². The van der Waals surface area contributed by atoms with Crippen LogP contribution in [0.3, 0.4) is 0 Å². The molecule has 2 amide bonds. The first-order valence-electron chi connectivity index (χ1n) is 10.6. The maximum Gasteiger partial charge on any atom is 0.343 e. The van der Waals surface area contributed by atoms with E-state index in [0.717, 1.165) is 10.5 Å². The van der Waals surface area contributed by atoms with Crippen molar-refractivity contribution in [3.8, 4) is 5.75 Å². The number of halogens is 3. The highest BCUT2D eigenvalue weighted by Crippen LogP contribution is 2.33. The number of rotatable bonds is 6. The molecule has 0 saturated heterocycles. The van der Waals surface area contributed by atoms with Crippen LogP contribution in [0.25, 0.3) is 0 Å². The summed E-state index contributed by atoms with van der Waals surface area (Å²) in [6.45, 7) is 4.17. The zero-order valence-corrected chi connectivity index (χ0v) is 20.9. The van der Waals surface area contributed by atoms with Gasteiger partial charge in [0.2, 0.25) is 0 Å². The largest absolute Gasteiger partial charge is 0.423 e. The summed E-state index contributed by atoms with van der Waals surface area (Å²) in [6.07, 6.45) is 0. The second-order valence-electron chi connectivity index (χ2n) is 8.08. The molecule has 3 aromatic carbocycles. The second kappa shape index (κ2) is 10.1. The predicted octanol–water partition coefficient (Wildman–Crippen LogP) is 6.77. The third kappa shape index (κ3) is 5.35. The molecule has 1 heterocycles. The van der Waals surface area contributed by atoms with Gasteiger partial charge < -0.3 is 10.1 Å². The minimum atomic E-state index is -0.707. The van der Waals surface area contributed by atoms with Crippen LogP contribution in [-0.4, -0.2) is 17.8 Å². The number of anilines is 2. The van der Waals surface area contributed by atoms with Crippen LogP contribution in [0.5, 0.6) is 5.75 Å². The molecule has 0 unspecified atom stereocenters. The smallest absolute Gasteiger partial charge is 0.343 e. The molecule has 6 nitrogen and oxygen atoms in total. The first-order chi connectivity index (χ1) is 16.6. The van der Waals surface area contributed by atoms with E-state index in [1.165, 1.54) is 30.3 Å². The number of nitrogens with one attached hydrogen (secondary N) is 1. The Balaban J connectivity index is 1.46. The number of carbonyl (C=O) groups excluding carboxylic acids is 3. The molecule has 1 aliphatic heterocycles. The zero-order chi connectivity index (χ0) is 25.3. The highest BCUT2D eigenvalue weighted by atomic mass is 35.5. The van der Waals surface area contributed by atoms with E-state index in [9.17, 15) is 14.4 Å². The van der Waals surface area contributed by atoms with E-state index in [4.69, 9.17) is 39.5 Å². The first-order valence-corrected chi connectivity index (χ1v) is 11.7. The van der Waals surface area contributed by atoms with Gasteiger partial charge in [0, 0.05) is 15.7 Å². The number of carbonyl (C=O) groups is 3. The third-order valence-electron chi connectivity index (χ3n) is 5.28. The van der Waals surface area contributed by atoms with Crippen molar-refractivity contribution >= 4 is 64.0 Å². The van der Waals surface area contributed by atoms with Crippen LogP contribution >= 0.6 is 34.8 Å². The molecule has 0 saturated carbocycles. The summed E-state index contributed by atoms with van der Waals surface area (Å²) < 4.78 is 5.42. The second-order valence-corrected chi connectivity index (χ2v) is 9.33. The molecule has 178 valence electrons. The topological polar surface area (TPSA) is 75.7 Å². The first kappa shape index (κ1) is 24.8. The fourth-order valence-electron chi connectivity index (χ4n) is 3.43. The van der Waals surface area contributed by atoms with E-state index in [1.807, 2.05) is 12.1 Å². The van der Waals surface area contributed by atoms with Crippen LogP contribution in [0, 0.1) is 0 Å². The van der Waals surface area contributed by atoms with Gasteiger partial charge in [0.1, 0.15) is 16.5 Å². The summed E-state index contributed by atoms with van der Waals surface area (Å²) in [6, 6.07) is 17.9. The number of ether oxygens (including phenoxy) is 1. The zero-order valence-electron chi connectivity index (χ0n) is 18.6. The molecule has 0 aromatic heterocycles. The lowest BCUT2D eigenvalue weighted by atomic mass is 10.0. The maximum absolute atomic E-state index is 12.9. The molecule has 0 bridgehead atoms. The average molecular weight is 530 g/mol. The van der Waals surface area contributed by atoms with Gasteiger partial charge in [-0.2, -0.15) is 0 Å². The van der Waals surface area contributed by atoms with Crippen molar-refractivity contribution in [3.05, 3.63) is 98.6 Å². The van der Waals surface area contributed by atoms with Crippen molar-refractivity contribution in [1.82, 2.24) is 0 Å². The molecule has 9 heteroatoms. The van der Waals surface area contributed by atoms with E-state index < -0.39 is 17.8 Å².